The first-order chi connectivity index (χ1) is 31.3. The molecule has 0 aliphatic carbocycles. The Bertz CT molecular complexity index is 3690. The molecule has 1 aliphatic rings. The molecule has 0 unspecified atom stereocenters. The second kappa shape index (κ2) is 14.0. The van der Waals surface area contributed by atoms with Gasteiger partial charge in [0.2, 0.25) is 0 Å². The molecule has 13 rings (SSSR count). The van der Waals surface area contributed by atoms with E-state index in [0.717, 1.165) is 45.2 Å². The molecule has 0 fully saturated rings. The first-order valence-electron chi connectivity index (χ1n) is 21.6. The lowest BCUT2D eigenvalue weighted by molar-refractivity contribution is 1.17. The first kappa shape index (κ1) is 35.6. The molecule has 294 valence electrons. The summed E-state index contributed by atoms with van der Waals surface area (Å²) in [4.78, 5) is 11.2. The first-order valence-corrected chi connectivity index (χ1v) is 23.6. The van der Waals surface area contributed by atoms with Crippen molar-refractivity contribution < 1.29 is 0 Å². The van der Waals surface area contributed by atoms with Crippen molar-refractivity contribution in [2.24, 2.45) is 0 Å². The fraction of sp³-hybridized carbons (Fsp3) is 0. The van der Waals surface area contributed by atoms with Crippen LogP contribution in [0.15, 0.2) is 231 Å². The predicted molar refractivity (Wildman–Crippen MR) is 264 cm³/mol. The minimum absolute atomic E-state index is 0.726. The average Bonchev–Trinajstić information content (AvgIpc) is 3.99. The van der Waals surface area contributed by atoms with E-state index < -0.39 is 8.07 Å². The van der Waals surface area contributed by atoms with Crippen molar-refractivity contribution in [2.45, 2.75) is 0 Å². The van der Waals surface area contributed by atoms with Gasteiger partial charge in [-0.15, -0.1) is 0 Å². The molecule has 0 bridgehead atoms. The molecule has 5 heteroatoms. The van der Waals surface area contributed by atoms with Gasteiger partial charge in [0.05, 0.1) is 33.5 Å². The Labute approximate surface area is 365 Å². The van der Waals surface area contributed by atoms with Gasteiger partial charge in [-0.25, -0.2) is 9.97 Å². The van der Waals surface area contributed by atoms with Gasteiger partial charge in [-0.2, -0.15) is 0 Å². The zero-order chi connectivity index (χ0) is 41.5. The highest BCUT2D eigenvalue weighted by Crippen LogP contribution is 2.43. The lowest BCUT2D eigenvalue weighted by Crippen LogP contribution is -2.73. The van der Waals surface area contributed by atoms with E-state index in [0.29, 0.717) is 0 Å². The maximum Gasteiger partial charge on any atom is 0.185 e. The topological polar surface area (TPSA) is 35.6 Å². The van der Waals surface area contributed by atoms with Crippen LogP contribution in [0.5, 0.6) is 0 Å². The minimum Gasteiger partial charge on any atom is -0.309 e. The number of aromatic nitrogens is 4. The molecular formula is C58H38N4Si. The van der Waals surface area contributed by atoms with Gasteiger partial charge >= 0.3 is 0 Å². The number of hydrogen-bond acceptors (Lipinski definition) is 2. The van der Waals surface area contributed by atoms with E-state index in [2.05, 4.69) is 240 Å². The zero-order valence-corrected chi connectivity index (χ0v) is 35.2. The molecule has 0 amide bonds. The van der Waals surface area contributed by atoms with Crippen LogP contribution in [0.25, 0.3) is 88.9 Å². The third kappa shape index (κ3) is 5.14. The summed E-state index contributed by atoms with van der Waals surface area (Å²) >= 11 is 0. The number of nitrogens with zero attached hydrogens (tertiary/aromatic N) is 4. The van der Waals surface area contributed by atoms with Crippen LogP contribution in [0.1, 0.15) is 0 Å². The molecule has 0 N–H and O–H groups in total. The lowest BCUT2D eigenvalue weighted by atomic mass is 10.1. The van der Waals surface area contributed by atoms with E-state index in [9.17, 15) is 0 Å². The third-order valence-electron chi connectivity index (χ3n) is 13.2. The number of fused-ring (bicyclic) bond motifs is 10. The van der Waals surface area contributed by atoms with Gasteiger partial charge in [0.1, 0.15) is 0 Å². The van der Waals surface area contributed by atoms with E-state index >= 15 is 0 Å². The maximum atomic E-state index is 5.68. The normalized spacial score (nSPS) is 12.9. The standard InChI is InChI=1S/C58H38N4Si/c1-5-20-39(21-6-1)58-59-55(57-56(60-58)47-32-15-18-35-52(47)63(57,43-26-9-3-10-27-43)44-28-11-4-12-29-44)40-22-19-25-42(38-40)62-49-34-17-14-31-46(49)54-51(62)37-36-50-53(54)45-30-13-16-33-48(45)61(50)41-23-7-2-8-24-41/h1-38H. The third-order valence-corrected chi connectivity index (χ3v) is 18.0. The van der Waals surface area contributed by atoms with Crippen LogP contribution in [0.3, 0.4) is 0 Å². The van der Waals surface area contributed by atoms with Gasteiger partial charge in [0.15, 0.2) is 13.9 Å². The summed E-state index contributed by atoms with van der Waals surface area (Å²) in [6.07, 6.45) is 0. The van der Waals surface area contributed by atoms with Crippen molar-refractivity contribution in [2.75, 3.05) is 0 Å². The van der Waals surface area contributed by atoms with Crippen molar-refractivity contribution >= 4 is 72.4 Å². The summed E-state index contributed by atoms with van der Waals surface area (Å²) in [6, 6.07) is 83.8. The van der Waals surface area contributed by atoms with E-state index in [-0.39, 0.29) is 0 Å². The summed E-state index contributed by atoms with van der Waals surface area (Å²) < 4.78 is 4.86. The van der Waals surface area contributed by atoms with E-state index in [1.165, 1.54) is 64.4 Å². The highest BCUT2D eigenvalue weighted by Gasteiger charge is 2.51. The molecule has 4 nitrogen and oxygen atoms in total. The Balaban J connectivity index is 1.12. The Hall–Kier alpha value is -8.12. The summed E-state index contributed by atoms with van der Waals surface area (Å²) in [5.74, 6) is 0.726. The van der Waals surface area contributed by atoms with Gasteiger partial charge in [0, 0.05) is 54.8 Å². The van der Waals surface area contributed by atoms with E-state index in [1.807, 2.05) is 0 Å². The monoisotopic (exact) mass is 818 g/mol. The zero-order valence-electron chi connectivity index (χ0n) is 34.2. The Morgan fingerprint density at radius 2 is 0.825 bits per heavy atom. The summed E-state index contributed by atoms with van der Waals surface area (Å²) in [5.41, 5.74) is 12.2. The molecule has 0 saturated heterocycles. The van der Waals surface area contributed by atoms with Crippen LogP contribution < -0.4 is 20.7 Å². The number of rotatable bonds is 6. The second-order valence-corrected chi connectivity index (χ2v) is 20.2. The Morgan fingerprint density at radius 1 is 0.349 bits per heavy atom. The molecule has 0 saturated carbocycles. The van der Waals surface area contributed by atoms with Gasteiger partial charge < -0.3 is 9.13 Å². The van der Waals surface area contributed by atoms with E-state index in [1.54, 1.807) is 0 Å². The smallest absolute Gasteiger partial charge is 0.185 e. The van der Waals surface area contributed by atoms with Crippen molar-refractivity contribution in [3.8, 4) is 45.3 Å². The molecule has 9 aromatic carbocycles. The fourth-order valence-electron chi connectivity index (χ4n) is 10.7. The molecule has 3 aromatic heterocycles. The molecule has 12 aromatic rings. The van der Waals surface area contributed by atoms with Crippen LogP contribution in [0.4, 0.5) is 0 Å². The summed E-state index contributed by atoms with van der Waals surface area (Å²) in [7, 11) is -2.96. The maximum absolute atomic E-state index is 5.68. The van der Waals surface area contributed by atoms with Crippen LogP contribution in [0.2, 0.25) is 0 Å². The second-order valence-electron chi connectivity index (χ2n) is 16.5. The number of hydrogen-bond donors (Lipinski definition) is 0. The molecule has 0 spiro atoms. The quantitative estimate of drug-likeness (QED) is 0.157. The Morgan fingerprint density at radius 3 is 1.46 bits per heavy atom. The number of benzene rings is 9. The van der Waals surface area contributed by atoms with Crippen LogP contribution >= 0.6 is 0 Å². The Kier molecular flexibility index (Phi) is 7.89. The average molecular weight is 819 g/mol. The molecule has 0 atom stereocenters. The number of para-hydroxylation sites is 3. The highest BCUT2D eigenvalue weighted by molar-refractivity contribution is 7.22. The van der Waals surface area contributed by atoms with Crippen molar-refractivity contribution in [1.82, 2.24) is 19.1 Å². The highest BCUT2D eigenvalue weighted by atomic mass is 28.3. The molecule has 0 radical (unpaired) electrons. The van der Waals surface area contributed by atoms with Crippen LogP contribution in [0, 0.1) is 0 Å². The minimum atomic E-state index is -2.96. The SMILES string of the molecule is c1ccc(-c2nc(-c3cccc(-n4c5ccccc5c5c6c7ccccc7n(-c7ccccc7)c6ccc54)c3)c3c(n2)-c2ccccc2[Si]3(c2ccccc2)c2ccccc2)cc1. The largest absolute Gasteiger partial charge is 0.309 e. The lowest BCUT2D eigenvalue weighted by Gasteiger charge is -2.32. The van der Waals surface area contributed by atoms with Crippen LogP contribution in [-0.2, 0) is 0 Å². The summed E-state index contributed by atoms with van der Waals surface area (Å²) in [5, 5.41) is 10.2. The van der Waals surface area contributed by atoms with Crippen molar-refractivity contribution in [1.29, 1.82) is 0 Å². The molecular weight excluding hydrogens is 781 g/mol. The van der Waals surface area contributed by atoms with E-state index in [4.69, 9.17) is 9.97 Å². The predicted octanol–water partition coefficient (Wildman–Crippen LogP) is 11.4. The van der Waals surface area contributed by atoms with Gasteiger partial charge in [-0.05, 0) is 64.1 Å². The summed E-state index contributed by atoms with van der Waals surface area (Å²) in [6.45, 7) is 0. The van der Waals surface area contributed by atoms with Gasteiger partial charge in [-0.1, -0.05) is 182 Å². The van der Waals surface area contributed by atoms with Crippen molar-refractivity contribution in [3.63, 3.8) is 0 Å². The fourth-order valence-corrected chi connectivity index (χ4v) is 15.9. The van der Waals surface area contributed by atoms with Crippen molar-refractivity contribution in [3.05, 3.63) is 231 Å². The van der Waals surface area contributed by atoms with Crippen LogP contribution in [-0.4, -0.2) is 27.2 Å². The molecule has 63 heavy (non-hydrogen) atoms. The molecule has 4 heterocycles. The van der Waals surface area contributed by atoms with Gasteiger partial charge in [0.25, 0.3) is 0 Å². The molecule has 1 aliphatic heterocycles. The van der Waals surface area contributed by atoms with Gasteiger partial charge in [-0.3, -0.25) is 0 Å².